The van der Waals surface area contributed by atoms with E-state index in [2.05, 4.69) is 15.2 Å². The van der Waals surface area contributed by atoms with Gasteiger partial charge in [-0.3, -0.25) is 4.79 Å². The Kier molecular flexibility index (Phi) is 4.43. The average molecular weight is 269 g/mol. The first-order chi connectivity index (χ1) is 8.31. The molecule has 1 aromatic carbocycles. The molecule has 0 radical (unpaired) electrons. The van der Waals surface area contributed by atoms with E-state index in [9.17, 15) is 13.2 Å². The molecule has 0 aliphatic carbocycles. The van der Waals surface area contributed by atoms with Gasteiger partial charge in [0.25, 0.3) is 10.0 Å². The number of carbonyl (C=O) groups is 1. The molecule has 0 heterocycles. The fraction of sp³-hybridized carbons (Fsp3) is 0.273. The van der Waals surface area contributed by atoms with E-state index in [1.807, 2.05) is 0 Å². The number of benzene rings is 1. The third-order valence-electron chi connectivity index (χ3n) is 1.87. The second kappa shape index (κ2) is 5.63. The molecule has 0 unspecified atom stereocenters. The van der Waals surface area contributed by atoms with Gasteiger partial charge in [-0.25, -0.2) is 4.83 Å². The van der Waals surface area contributed by atoms with Gasteiger partial charge in [-0.05, 0) is 38.1 Å². The van der Waals surface area contributed by atoms with Crippen LogP contribution in [-0.2, 0) is 14.8 Å². The number of nitrogens with zero attached hydrogens (tertiary/aromatic N) is 1. The Morgan fingerprint density at radius 3 is 2.11 bits per heavy atom. The van der Waals surface area contributed by atoms with Gasteiger partial charge in [0.2, 0.25) is 5.91 Å². The zero-order valence-corrected chi connectivity index (χ0v) is 11.2. The van der Waals surface area contributed by atoms with Crippen molar-refractivity contribution in [1.82, 2.24) is 4.83 Å². The number of anilines is 1. The van der Waals surface area contributed by atoms with Crippen molar-refractivity contribution in [3.05, 3.63) is 24.3 Å². The SMILES string of the molecule is CC(=O)Nc1ccc(S(=O)(=O)NN=C(C)C)cc1. The third-order valence-corrected chi connectivity index (χ3v) is 3.10. The number of hydrogen-bond acceptors (Lipinski definition) is 4. The maximum atomic E-state index is 11.8. The van der Waals surface area contributed by atoms with E-state index >= 15 is 0 Å². The van der Waals surface area contributed by atoms with Gasteiger partial charge in [0.1, 0.15) is 0 Å². The van der Waals surface area contributed by atoms with E-state index in [4.69, 9.17) is 0 Å². The van der Waals surface area contributed by atoms with Crippen molar-refractivity contribution in [2.24, 2.45) is 5.10 Å². The number of nitrogens with one attached hydrogen (secondary N) is 2. The van der Waals surface area contributed by atoms with Gasteiger partial charge < -0.3 is 5.32 Å². The molecule has 6 nitrogen and oxygen atoms in total. The summed E-state index contributed by atoms with van der Waals surface area (Å²) in [7, 11) is -3.65. The van der Waals surface area contributed by atoms with Gasteiger partial charge in [-0.1, -0.05) is 0 Å². The fourth-order valence-electron chi connectivity index (χ4n) is 1.12. The fourth-order valence-corrected chi connectivity index (χ4v) is 2.03. The number of hydrazone groups is 1. The zero-order valence-electron chi connectivity index (χ0n) is 10.4. The second-order valence-corrected chi connectivity index (χ2v) is 5.52. The van der Waals surface area contributed by atoms with Crippen molar-refractivity contribution in [2.75, 3.05) is 5.32 Å². The quantitative estimate of drug-likeness (QED) is 0.638. The van der Waals surface area contributed by atoms with E-state index in [0.717, 1.165) is 0 Å². The van der Waals surface area contributed by atoms with E-state index < -0.39 is 10.0 Å². The highest BCUT2D eigenvalue weighted by Crippen LogP contribution is 2.13. The maximum absolute atomic E-state index is 11.8. The third kappa shape index (κ3) is 4.17. The van der Waals surface area contributed by atoms with Crippen LogP contribution in [0.25, 0.3) is 0 Å². The summed E-state index contributed by atoms with van der Waals surface area (Å²) in [5.74, 6) is -0.213. The number of rotatable bonds is 4. The second-order valence-electron chi connectivity index (χ2n) is 3.86. The Morgan fingerprint density at radius 1 is 1.11 bits per heavy atom. The largest absolute Gasteiger partial charge is 0.326 e. The molecular weight excluding hydrogens is 254 g/mol. The molecule has 2 N–H and O–H groups in total. The highest BCUT2D eigenvalue weighted by molar-refractivity contribution is 7.89. The number of amides is 1. The summed E-state index contributed by atoms with van der Waals surface area (Å²) in [6, 6.07) is 5.82. The molecule has 0 bridgehead atoms. The minimum atomic E-state index is -3.65. The molecule has 7 heteroatoms. The Hall–Kier alpha value is -1.89. The van der Waals surface area contributed by atoms with Crippen molar-refractivity contribution >= 4 is 27.3 Å². The van der Waals surface area contributed by atoms with Gasteiger partial charge in [-0.15, -0.1) is 0 Å². The Bertz CT molecular complexity index is 558. The summed E-state index contributed by atoms with van der Waals surface area (Å²) in [5.41, 5.74) is 1.14. The van der Waals surface area contributed by atoms with Crippen LogP contribution in [0.1, 0.15) is 20.8 Å². The lowest BCUT2D eigenvalue weighted by Gasteiger charge is -2.05. The summed E-state index contributed by atoms with van der Waals surface area (Å²) in [6.45, 7) is 4.75. The number of sulfonamides is 1. The maximum Gasteiger partial charge on any atom is 0.276 e. The summed E-state index contributed by atoms with van der Waals surface area (Å²) < 4.78 is 23.5. The molecule has 0 aromatic heterocycles. The van der Waals surface area contributed by atoms with E-state index in [-0.39, 0.29) is 10.8 Å². The van der Waals surface area contributed by atoms with Gasteiger partial charge in [0, 0.05) is 18.3 Å². The molecule has 0 spiro atoms. The van der Waals surface area contributed by atoms with Crippen molar-refractivity contribution < 1.29 is 13.2 Å². The van der Waals surface area contributed by atoms with Crippen LogP contribution in [0.5, 0.6) is 0 Å². The highest BCUT2D eigenvalue weighted by atomic mass is 32.2. The topological polar surface area (TPSA) is 87.6 Å². The number of hydrogen-bond donors (Lipinski definition) is 2. The van der Waals surface area contributed by atoms with E-state index in [0.29, 0.717) is 11.4 Å². The molecule has 0 atom stereocenters. The molecule has 18 heavy (non-hydrogen) atoms. The van der Waals surface area contributed by atoms with Crippen LogP contribution in [0.4, 0.5) is 5.69 Å². The highest BCUT2D eigenvalue weighted by Gasteiger charge is 2.12. The molecule has 1 rings (SSSR count). The number of carbonyl (C=O) groups excluding carboxylic acids is 1. The smallest absolute Gasteiger partial charge is 0.276 e. The molecule has 0 saturated heterocycles. The Balaban J connectivity index is 2.91. The van der Waals surface area contributed by atoms with Crippen molar-refractivity contribution in [3.8, 4) is 0 Å². The predicted molar refractivity (Wildman–Crippen MR) is 69.9 cm³/mol. The Labute approximate surface area is 106 Å². The summed E-state index contributed by atoms with van der Waals surface area (Å²) in [6.07, 6.45) is 0. The van der Waals surface area contributed by atoms with Gasteiger partial charge in [0.15, 0.2) is 0 Å². The Morgan fingerprint density at radius 2 is 1.67 bits per heavy atom. The van der Waals surface area contributed by atoms with Crippen molar-refractivity contribution in [2.45, 2.75) is 25.7 Å². The monoisotopic (exact) mass is 269 g/mol. The molecule has 0 saturated carbocycles. The normalized spacial score (nSPS) is 10.6. The first kappa shape index (κ1) is 14.2. The van der Waals surface area contributed by atoms with Crippen LogP contribution in [-0.4, -0.2) is 20.0 Å². The lowest BCUT2D eigenvalue weighted by molar-refractivity contribution is -0.114. The van der Waals surface area contributed by atoms with Crippen LogP contribution in [0.2, 0.25) is 0 Å². The molecule has 0 aliphatic heterocycles. The average Bonchev–Trinajstić information content (AvgIpc) is 2.26. The van der Waals surface area contributed by atoms with Crippen LogP contribution >= 0.6 is 0 Å². The minimum absolute atomic E-state index is 0.0848. The molecule has 0 fully saturated rings. The first-order valence-corrected chi connectivity index (χ1v) is 6.70. The van der Waals surface area contributed by atoms with Crippen molar-refractivity contribution in [3.63, 3.8) is 0 Å². The molecule has 1 aromatic rings. The van der Waals surface area contributed by atoms with Gasteiger partial charge >= 0.3 is 0 Å². The minimum Gasteiger partial charge on any atom is -0.326 e. The summed E-state index contributed by atoms with van der Waals surface area (Å²) in [4.78, 5) is 13.0. The van der Waals surface area contributed by atoms with Crippen LogP contribution in [0.3, 0.4) is 0 Å². The van der Waals surface area contributed by atoms with E-state index in [1.165, 1.54) is 31.2 Å². The van der Waals surface area contributed by atoms with Crippen molar-refractivity contribution in [1.29, 1.82) is 0 Å². The lowest BCUT2D eigenvalue weighted by atomic mass is 10.3. The first-order valence-electron chi connectivity index (χ1n) is 5.21. The molecular formula is C11H15N3O3S. The van der Waals surface area contributed by atoms with Gasteiger partial charge in [0.05, 0.1) is 4.90 Å². The summed E-state index contributed by atoms with van der Waals surface area (Å²) in [5, 5.41) is 6.20. The predicted octanol–water partition coefficient (Wildman–Crippen LogP) is 1.32. The molecule has 1 amide bonds. The van der Waals surface area contributed by atoms with Crippen LogP contribution in [0.15, 0.2) is 34.3 Å². The van der Waals surface area contributed by atoms with Crippen LogP contribution in [0, 0.1) is 0 Å². The van der Waals surface area contributed by atoms with E-state index in [1.54, 1.807) is 13.8 Å². The van der Waals surface area contributed by atoms with Crippen LogP contribution < -0.4 is 10.1 Å². The van der Waals surface area contributed by atoms with Gasteiger partial charge in [-0.2, -0.15) is 13.5 Å². The standard InChI is InChI=1S/C11H15N3O3S/c1-8(2)13-14-18(16,17)11-6-4-10(5-7-11)12-9(3)15/h4-7,14H,1-3H3,(H,12,15). The zero-order chi connectivity index (χ0) is 13.8. The molecule has 98 valence electrons. The molecule has 0 aliphatic rings. The summed E-state index contributed by atoms with van der Waals surface area (Å²) >= 11 is 0. The lowest BCUT2D eigenvalue weighted by Crippen LogP contribution is -2.19.